The topological polar surface area (TPSA) is 154 Å². The van der Waals surface area contributed by atoms with Crippen molar-refractivity contribution in [2.75, 3.05) is 11.9 Å². The minimum atomic E-state index is -1.84. The minimum Gasteiger partial charge on any atom is -0.508 e. The third-order valence-corrected chi connectivity index (χ3v) is 6.14. The number of nitrogens with one attached hydrogen (secondary N) is 2. The first kappa shape index (κ1) is 29.9. The van der Waals surface area contributed by atoms with Crippen molar-refractivity contribution in [1.29, 1.82) is 0 Å². The molecule has 5 N–H and O–H groups in total. The van der Waals surface area contributed by atoms with Crippen LogP contribution in [0, 0.1) is 0 Å². The van der Waals surface area contributed by atoms with Crippen molar-refractivity contribution in [1.82, 2.24) is 5.32 Å². The van der Waals surface area contributed by atoms with E-state index in [0.29, 0.717) is 17.9 Å². The van der Waals surface area contributed by atoms with Gasteiger partial charge in [-0.3, -0.25) is 9.59 Å². The van der Waals surface area contributed by atoms with Gasteiger partial charge in [-0.1, -0.05) is 42.5 Å². The summed E-state index contributed by atoms with van der Waals surface area (Å²) < 4.78 is 10.7. The number of aliphatic hydroxyl groups is 2. The Bertz CT molecular complexity index is 1470. The van der Waals surface area contributed by atoms with Gasteiger partial charge in [0, 0.05) is 11.3 Å². The van der Waals surface area contributed by atoms with E-state index in [1.54, 1.807) is 36.4 Å². The molecule has 0 fully saturated rings. The largest absolute Gasteiger partial charge is 0.508 e. The van der Waals surface area contributed by atoms with E-state index in [4.69, 9.17) is 9.47 Å². The van der Waals surface area contributed by atoms with Crippen LogP contribution in [0.25, 0.3) is 0 Å². The molecule has 1 atom stereocenters. The molecular formula is C32H30N2O8. The first-order valence-corrected chi connectivity index (χ1v) is 13.1. The van der Waals surface area contributed by atoms with Gasteiger partial charge in [0.05, 0.1) is 18.2 Å². The number of benzene rings is 4. The quantitative estimate of drug-likeness (QED) is 0.0986. The molecule has 0 bridgehead atoms. The molecule has 0 aliphatic heterocycles. The summed E-state index contributed by atoms with van der Waals surface area (Å²) in [5, 5.41) is 34.4. The molecule has 42 heavy (non-hydrogen) atoms. The maximum Gasteiger partial charge on any atom is 0.343 e. The van der Waals surface area contributed by atoms with Gasteiger partial charge in [0.15, 0.2) is 6.29 Å². The maximum absolute atomic E-state index is 12.8. The lowest BCUT2D eigenvalue weighted by Gasteiger charge is -2.21. The van der Waals surface area contributed by atoms with E-state index in [-0.39, 0.29) is 41.6 Å². The third kappa shape index (κ3) is 9.00. The molecule has 0 radical (unpaired) electrons. The van der Waals surface area contributed by atoms with Crippen LogP contribution in [0.2, 0.25) is 0 Å². The molecule has 4 aromatic rings. The van der Waals surface area contributed by atoms with Crippen LogP contribution >= 0.6 is 0 Å². The van der Waals surface area contributed by atoms with Gasteiger partial charge in [-0.05, 0) is 78.2 Å². The molecule has 0 saturated carbocycles. The molecule has 0 aliphatic rings. The number of ether oxygens (including phenoxy) is 2. The highest BCUT2D eigenvalue weighted by molar-refractivity contribution is 5.96. The van der Waals surface area contributed by atoms with Gasteiger partial charge in [0.1, 0.15) is 18.1 Å². The van der Waals surface area contributed by atoms with Crippen LogP contribution < -0.4 is 15.4 Å². The van der Waals surface area contributed by atoms with Gasteiger partial charge in [0.25, 0.3) is 5.91 Å². The van der Waals surface area contributed by atoms with Crippen LogP contribution in [-0.4, -0.2) is 52.0 Å². The second kappa shape index (κ2) is 14.6. The fourth-order valence-electron chi connectivity index (χ4n) is 3.93. The maximum atomic E-state index is 12.8. The number of rotatable bonds is 12. The summed E-state index contributed by atoms with van der Waals surface area (Å²) in [5.74, 6) is -1.16. The second-order valence-electron chi connectivity index (χ2n) is 9.38. The lowest BCUT2D eigenvalue weighted by Crippen LogP contribution is -2.44. The number of hydrogen-bond donors (Lipinski definition) is 5. The number of hydrogen-bond acceptors (Lipinski definition) is 8. The van der Waals surface area contributed by atoms with E-state index >= 15 is 0 Å². The summed E-state index contributed by atoms with van der Waals surface area (Å²) in [6, 6.07) is 26.6. The van der Waals surface area contributed by atoms with E-state index in [0.717, 1.165) is 5.56 Å². The predicted molar refractivity (Wildman–Crippen MR) is 154 cm³/mol. The van der Waals surface area contributed by atoms with E-state index in [1.807, 2.05) is 30.3 Å². The zero-order chi connectivity index (χ0) is 29.9. The van der Waals surface area contributed by atoms with Crippen LogP contribution in [0.5, 0.6) is 11.5 Å². The lowest BCUT2D eigenvalue weighted by molar-refractivity contribution is -0.121. The fourth-order valence-corrected chi connectivity index (χ4v) is 3.93. The average molecular weight is 571 g/mol. The number of carbonyl (C=O) groups excluding carboxylic acids is 3. The lowest BCUT2D eigenvalue weighted by atomic mass is 10.0. The van der Waals surface area contributed by atoms with Crippen LogP contribution in [-0.2, 0) is 22.6 Å². The highest BCUT2D eigenvalue weighted by atomic mass is 16.5. The van der Waals surface area contributed by atoms with Crippen molar-refractivity contribution < 1.29 is 39.2 Å². The molecular weight excluding hydrogens is 540 g/mol. The zero-order valence-electron chi connectivity index (χ0n) is 22.5. The normalized spacial score (nSPS) is 11.5. The Morgan fingerprint density at radius 2 is 1.38 bits per heavy atom. The van der Waals surface area contributed by atoms with Crippen LogP contribution in [0.1, 0.15) is 31.8 Å². The molecule has 0 aromatic heterocycles. The molecule has 2 amide bonds. The first-order valence-electron chi connectivity index (χ1n) is 13.1. The summed E-state index contributed by atoms with van der Waals surface area (Å²) >= 11 is 0. The van der Waals surface area contributed by atoms with Crippen LogP contribution in [0.15, 0.2) is 103 Å². The smallest absolute Gasteiger partial charge is 0.343 e. The number of amides is 2. The Balaban J connectivity index is 1.26. The fraction of sp³-hybridized carbons (Fsp3) is 0.156. The Morgan fingerprint density at radius 3 is 2.02 bits per heavy atom. The van der Waals surface area contributed by atoms with Crippen molar-refractivity contribution in [3.63, 3.8) is 0 Å². The van der Waals surface area contributed by atoms with Crippen molar-refractivity contribution in [2.45, 2.75) is 25.4 Å². The van der Waals surface area contributed by atoms with Gasteiger partial charge < -0.3 is 35.4 Å². The molecule has 0 heterocycles. The molecule has 10 nitrogen and oxygen atoms in total. The van der Waals surface area contributed by atoms with Crippen molar-refractivity contribution in [3.05, 3.63) is 125 Å². The van der Waals surface area contributed by atoms with Gasteiger partial charge in [-0.2, -0.15) is 0 Å². The van der Waals surface area contributed by atoms with E-state index in [1.165, 1.54) is 36.4 Å². The molecule has 0 aliphatic carbocycles. The Labute approximate surface area is 242 Å². The van der Waals surface area contributed by atoms with Crippen molar-refractivity contribution in [3.8, 4) is 11.5 Å². The van der Waals surface area contributed by atoms with Gasteiger partial charge in [0.2, 0.25) is 5.91 Å². The van der Waals surface area contributed by atoms with E-state index < -0.39 is 24.2 Å². The Hall–Kier alpha value is -5.03. The highest BCUT2D eigenvalue weighted by Gasteiger charge is 2.21. The van der Waals surface area contributed by atoms with Crippen molar-refractivity contribution in [2.24, 2.45) is 0 Å². The summed E-state index contributed by atoms with van der Waals surface area (Å²) in [4.78, 5) is 37.2. The number of esters is 1. The Kier molecular flexibility index (Phi) is 10.4. The highest BCUT2D eigenvalue weighted by Crippen LogP contribution is 2.18. The summed E-state index contributed by atoms with van der Waals surface area (Å²) in [6.07, 6.45) is -1.75. The number of anilines is 1. The molecule has 216 valence electrons. The van der Waals surface area contributed by atoms with E-state index in [9.17, 15) is 29.7 Å². The second-order valence-corrected chi connectivity index (χ2v) is 9.38. The zero-order valence-corrected chi connectivity index (χ0v) is 22.5. The molecule has 0 saturated heterocycles. The van der Waals surface area contributed by atoms with Gasteiger partial charge >= 0.3 is 5.97 Å². The number of aliphatic hydroxyl groups excluding tert-OH is 1. The predicted octanol–water partition coefficient (Wildman–Crippen LogP) is 3.42. The molecule has 1 unspecified atom stereocenters. The number of aromatic hydroxyl groups is 1. The Morgan fingerprint density at radius 1 is 0.738 bits per heavy atom. The number of phenols is 1. The molecule has 4 rings (SSSR count). The summed E-state index contributed by atoms with van der Waals surface area (Å²) in [7, 11) is 0. The molecule has 10 heteroatoms. The third-order valence-electron chi connectivity index (χ3n) is 6.14. The first-order chi connectivity index (χ1) is 20.3. The average Bonchev–Trinajstić information content (AvgIpc) is 2.99. The van der Waals surface area contributed by atoms with Gasteiger partial charge in [-0.25, -0.2) is 4.79 Å². The summed E-state index contributed by atoms with van der Waals surface area (Å²) in [5.41, 5.74) is 2.62. The van der Waals surface area contributed by atoms with Crippen molar-refractivity contribution >= 4 is 23.5 Å². The number of carbonyl (C=O) groups is 3. The standard InChI is InChI=1S/C32H30N2O8/c35-26-14-10-24(11-15-26)32(40)42-27-16-6-21(7-17-27)18-28(31(38)39)34-30(37)23-8-12-25(13-9-23)33-29(36)20-41-19-22-4-2-1-3-5-22/h1-17,28,31,35,38-39H,18-20H2,(H,33,36)(H,34,37). The summed E-state index contributed by atoms with van der Waals surface area (Å²) in [6.45, 7) is 0.179. The molecule has 0 spiro atoms. The SMILES string of the molecule is O=C(COCc1ccccc1)Nc1ccc(C(=O)NC(Cc2ccc(OC(=O)c3ccc(O)cc3)cc2)C(O)O)cc1. The van der Waals surface area contributed by atoms with Crippen LogP contribution in [0.3, 0.4) is 0 Å². The monoisotopic (exact) mass is 570 g/mol. The minimum absolute atomic E-state index is 0.0328. The van der Waals surface area contributed by atoms with Crippen LogP contribution in [0.4, 0.5) is 5.69 Å². The van der Waals surface area contributed by atoms with E-state index in [2.05, 4.69) is 10.6 Å². The molecule has 4 aromatic carbocycles. The van der Waals surface area contributed by atoms with Gasteiger partial charge in [-0.15, -0.1) is 0 Å². The number of phenolic OH excluding ortho intramolecular Hbond substituents is 1.